The maximum Gasteiger partial charge on any atom is 0.0576 e. The summed E-state index contributed by atoms with van der Waals surface area (Å²) in [5, 5.41) is 4.34. The summed E-state index contributed by atoms with van der Waals surface area (Å²) in [5.74, 6) is 0. The Morgan fingerprint density at radius 3 is 2.83 bits per heavy atom. The van der Waals surface area contributed by atoms with Crippen LogP contribution >= 0.6 is 11.6 Å². The highest BCUT2D eigenvalue weighted by atomic mass is 35.5. The molecule has 1 unspecified atom stereocenters. The molecule has 1 aromatic carbocycles. The fourth-order valence-corrected chi connectivity index (χ4v) is 2.52. The molecule has 1 fully saturated rings. The van der Waals surface area contributed by atoms with E-state index in [9.17, 15) is 0 Å². The molecule has 1 aliphatic heterocycles. The maximum absolute atomic E-state index is 5.88. The predicted octanol–water partition coefficient (Wildman–Crippen LogP) is 3.95. The minimum absolute atomic E-state index is 0.381. The number of benzene rings is 1. The van der Waals surface area contributed by atoms with Crippen LogP contribution in [0.25, 0.3) is 0 Å². The van der Waals surface area contributed by atoms with Crippen LogP contribution in [0.3, 0.4) is 0 Å². The Kier molecular flexibility index (Phi) is 5.48. The van der Waals surface area contributed by atoms with Gasteiger partial charge in [-0.25, -0.2) is 0 Å². The molecular formula is C15H22ClNO. The van der Waals surface area contributed by atoms with E-state index in [4.69, 9.17) is 16.3 Å². The van der Waals surface area contributed by atoms with Crippen LogP contribution in [0.1, 0.15) is 44.2 Å². The standard InChI is InChI=1S/C15H22ClNO/c1-12(13-6-8-14(16)9-7-13)17-10-2-4-15-5-3-11-18-15/h6-9,12,15,17H,2-5,10-11H2,1H3/t12-,15?/m1/s1. The third-order valence-electron chi connectivity index (χ3n) is 3.55. The highest BCUT2D eigenvalue weighted by molar-refractivity contribution is 6.30. The van der Waals surface area contributed by atoms with Crippen molar-refractivity contribution in [1.29, 1.82) is 0 Å². The summed E-state index contributed by atoms with van der Waals surface area (Å²) in [6.45, 7) is 4.19. The number of rotatable bonds is 6. The second kappa shape index (κ2) is 7.13. The van der Waals surface area contributed by atoms with Crippen LogP contribution in [0, 0.1) is 0 Å². The second-order valence-electron chi connectivity index (χ2n) is 5.00. The molecule has 2 nitrogen and oxygen atoms in total. The van der Waals surface area contributed by atoms with Crippen molar-refractivity contribution in [3.05, 3.63) is 34.9 Å². The Morgan fingerprint density at radius 1 is 1.39 bits per heavy atom. The molecule has 0 spiro atoms. The lowest BCUT2D eigenvalue weighted by Gasteiger charge is -2.15. The molecule has 2 rings (SSSR count). The molecule has 1 aliphatic rings. The molecule has 1 N–H and O–H groups in total. The SMILES string of the molecule is C[C@@H](NCCCC1CCCO1)c1ccc(Cl)cc1. The van der Waals surface area contributed by atoms with E-state index >= 15 is 0 Å². The zero-order chi connectivity index (χ0) is 12.8. The Balaban J connectivity index is 1.64. The first-order valence-corrected chi connectivity index (χ1v) is 7.24. The average molecular weight is 268 g/mol. The van der Waals surface area contributed by atoms with Gasteiger partial charge in [-0.05, 0) is 56.8 Å². The lowest BCUT2D eigenvalue weighted by atomic mass is 10.1. The number of nitrogens with one attached hydrogen (secondary N) is 1. The van der Waals surface area contributed by atoms with Crippen LogP contribution in [0.4, 0.5) is 0 Å². The van der Waals surface area contributed by atoms with E-state index in [1.165, 1.54) is 31.2 Å². The molecule has 2 atom stereocenters. The van der Waals surface area contributed by atoms with Gasteiger partial charge in [0.1, 0.15) is 0 Å². The van der Waals surface area contributed by atoms with Gasteiger partial charge >= 0.3 is 0 Å². The Morgan fingerprint density at radius 2 is 2.17 bits per heavy atom. The average Bonchev–Trinajstić information content (AvgIpc) is 2.88. The van der Waals surface area contributed by atoms with Crippen molar-refractivity contribution in [3.63, 3.8) is 0 Å². The first kappa shape index (κ1) is 13.9. The highest BCUT2D eigenvalue weighted by Crippen LogP contribution is 2.18. The summed E-state index contributed by atoms with van der Waals surface area (Å²) in [5.41, 5.74) is 1.29. The van der Waals surface area contributed by atoms with E-state index in [1.807, 2.05) is 12.1 Å². The minimum atomic E-state index is 0.381. The lowest BCUT2D eigenvalue weighted by molar-refractivity contribution is 0.102. The molecule has 0 aliphatic carbocycles. The first-order valence-electron chi connectivity index (χ1n) is 6.86. The van der Waals surface area contributed by atoms with E-state index in [-0.39, 0.29) is 0 Å². The van der Waals surface area contributed by atoms with Crippen LogP contribution in [0.2, 0.25) is 5.02 Å². The molecule has 100 valence electrons. The summed E-state index contributed by atoms with van der Waals surface area (Å²) >= 11 is 5.88. The molecular weight excluding hydrogens is 246 g/mol. The van der Waals surface area contributed by atoms with Gasteiger partial charge in [-0.15, -0.1) is 0 Å². The van der Waals surface area contributed by atoms with E-state index in [0.29, 0.717) is 12.1 Å². The Bertz CT molecular complexity index is 346. The van der Waals surface area contributed by atoms with Crippen molar-refractivity contribution >= 4 is 11.6 Å². The summed E-state index contributed by atoms with van der Waals surface area (Å²) in [6, 6.07) is 8.44. The van der Waals surface area contributed by atoms with Gasteiger partial charge in [0, 0.05) is 17.7 Å². The monoisotopic (exact) mass is 267 g/mol. The van der Waals surface area contributed by atoms with Crippen LogP contribution < -0.4 is 5.32 Å². The number of ether oxygens (including phenoxy) is 1. The van der Waals surface area contributed by atoms with Gasteiger partial charge in [-0.3, -0.25) is 0 Å². The fraction of sp³-hybridized carbons (Fsp3) is 0.600. The number of hydrogen-bond donors (Lipinski definition) is 1. The topological polar surface area (TPSA) is 21.3 Å². The maximum atomic E-state index is 5.88. The van der Waals surface area contributed by atoms with E-state index in [2.05, 4.69) is 24.4 Å². The van der Waals surface area contributed by atoms with Gasteiger partial charge in [0.25, 0.3) is 0 Å². The molecule has 18 heavy (non-hydrogen) atoms. The zero-order valence-electron chi connectivity index (χ0n) is 11.0. The molecule has 0 radical (unpaired) electrons. The van der Waals surface area contributed by atoms with E-state index in [1.54, 1.807) is 0 Å². The summed E-state index contributed by atoms with van der Waals surface area (Å²) < 4.78 is 5.62. The molecule has 0 saturated carbocycles. The van der Waals surface area contributed by atoms with Crippen LogP contribution in [-0.4, -0.2) is 19.3 Å². The van der Waals surface area contributed by atoms with Crippen molar-refractivity contribution in [2.24, 2.45) is 0 Å². The molecule has 1 aromatic rings. The second-order valence-corrected chi connectivity index (χ2v) is 5.44. The highest BCUT2D eigenvalue weighted by Gasteiger charge is 2.14. The normalized spacial score (nSPS) is 21.1. The van der Waals surface area contributed by atoms with Crippen molar-refractivity contribution in [2.45, 2.75) is 44.8 Å². The van der Waals surface area contributed by atoms with Crippen molar-refractivity contribution < 1.29 is 4.74 Å². The van der Waals surface area contributed by atoms with Gasteiger partial charge in [0.05, 0.1) is 6.10 Å². The predicted molar refractivity (Wildman–Crippen MR) is 76.1 cm³/mol. The summed E-state index contributed by atoms with van der Waals surface area (Å²) in [6.07, 6.45) is 5.35. The van der Waals surface area contributed by atoms with Crippen LogP contribution in [0.5, 0.6) is 0 Å². The first-order chi connectivity index (χ1) is 8.75. The van der Waals surface area contributed by atoms with Gasteiger partial charge in [0.2, 0.25) is 0 Å². The van der Waals surface area contributed by atoms with Crippen molar-refractivity contribution in [2.75, 3.05) is 13.2 Å². The third kappa shape index (κ3) is 4.27. The Labute approximate surface area is 115 Å². The summed E-state index contributed by atoms with van der Waals surface area (Å²) in [7, 11) is 0. The van der Waals surface area contributed by atoms with E-state index < -0.39 is 0 Å². The van der Waals surface area contributed by atoms with Crippen molar-refractivity contribution in [3.8, 4) is 0 Å². The minimum Gasteiger partial charge on any atom is -0.378 e. The van der Waals surface area contributed by atoms with Crippen molar-refractivity contribution in [1.82, 2.24) is 5.32 Å². The summed E-state index contributed by atoms with van der Waals surface area (Å²) in [4.78, 5) is 0. The quantitative estimate of drug-likeness (QED) is 0.788. The zero-order valence-corrected chi connectivity index (χ0v) is 11.7. The lowest BCUT2D eigenvalue weighted by Crippen LogP contribution is -2.21. The largest absolute Gasteiger partial charge is 0.378 e. The fourth-order valence-electron chi connectivity index (χ4n) is 2.39. The smallest absolute Gasteiger partial charge is 0.0576 e. The molecule has 3 heteroatoms. The number of hydrogen-bond acceptors (Lipinski definition) is 2. The molecule has 0 aromatic heterocycles. The Hall–Kier alpha value is -0.570. The molecule has 1 heterocycles. The van der Waals surface area contributed by atoms with Gasteiger partial charge < -0.3 is 10.1 Å². The molecule has 1 saturated heterocycles. The molecule has 0 bridgehead atoms. The molecule has 0 amide bonds. The van der Waals surface area contributed by atoms with Gasteiger partial charge in [0.15, 0.2) is 0 Å². The van der Waals surface area contributed by atoms with Crippen LogP contribution in [0.15, 0.2) is 24.3 Å². The van der Waals surface area contributed by atoms with Crippen LogP contribution in [-0.2, 0) is 4.74 Å². The van der Waals surface area contributed by atoms with Gasteiger partial charge in [-0.2, -0.15) is 0 Å². The third-order valence-corrected chi connectivity index (χ3v) is 3.80. The number of halogens is 1. The van der Waals surface area contributed by atoms with Gasteiger partial charge in [-0.1, -0.05) is 23.7 Å². The van der Waals surface area contributed by atoms with E-state index in [0.717, 1.165) is 18.2 Å².